The van der Waals surface area contributed by atoms with E-state index in [1.807, 2.05) is 6.08 Å². The van der Waals surface area contributed by atoms with Crippen molar-refractivity contribution >= 4 is 27.8 Å². The Morgan fingerprint density at radius 1 is 1.29 bits per heavy atom. The molecular formula is C15H15BrFNO3. The molecule has 6 heteroatoms. The number of nitrogens with one attached hydrogen (secondary N) is 1. The molecule has 1 aromatic carbocycles. The van der Waals surface area contributed by atoms with Gasteiger partial charge < -0.3 is 10.4 Å². The molecule has 0 aliphatic heterocycles. The minimum Gasteiger partial charge on any atom is -0.481 e. The van der Waals surface area contributed by atoms with Crippen molar-refractivity contribution in [3.05, 3.63) is 46.2 Å². The number of carboxylic acids is 1. The summed E-state index contributed by atoms with van der Waals surface area (Å²) >= 11 is 3.29. The molecule has 0 saturated carbocycles. The van der Waals surface area contributed by atoms with Gasteiger partial charge in [-0.05, 0) is 36.6 Å². The van der Waals surface area contributed by atoms with Crippen LogP contribution < -0.4 is 5.32 Å². The Balaban J connectivity index is 2.02. The molecule has 0 saturated heterocycles. The fraction of sp³-hybridized carbons (Fsp3) is 0.333. The molecule has 1 aliphatic carbocycles. The van der Waals surface area contributed by atoms with E-state index < -0.39 is 17.8 Å². The fourth-order valence-corrected chi connectivity index (χ4v) is 2.76. The number of allylic oxidation sites excluding steroid dienone is 2. The van der Waals surface area contributed by atoms with Gasteiger partial charge in [-0.3, -0.25) is 9.59 Å². The van der Waals surface area contributed by atoms with E-state index in [-0.39, 0.29) is 18.3 Å². The number of carbonyl (C=O) groups is 2. The molecule has 112 valence electrons. The van der Waals surface area contributed by atoms with Crippen molar-refractivity contribution in [3.63, 3.8) is 0 Å². The predicted molar refractivity (Wildman–Crippen MR) is 78.9 cm³/mol. The molecular weight excluding hydrogens is 341 g/mol. The first-order valence-electron chi connectivity index (χ1n) is 6.58. The summed E-state index contributed by atoms with van der Waals surface area (Å²) in [6.07, 6.45) is 4.37. The van der Waals surface area contributed by atoms with E-state index in [1.54, 1.807) is 12.1 Å². The smallest absolute Gasteiger partial charge is 0.307 e. The summed E-state index contributed by atoms with van der Waals surface area (Å²) in [6, 6.07) is 4.22. The van der Waals surface area contributed by atoms with Gasteiger partial charge in [0.1, 0.15) is 5.82 Å². The van der Waals surface area contributed by atoms with Crippen LogP contribution in [0.25, 0.3) is 0 Å². The first-order valence-corrected chi connectivity index (χ1v) is 7.37. The molecule has 0 fully saturated rings. The van der Waals surface area contributed by atoms with Crippen molar-refractivity contribution in [2.24, 2.45) is 11.8 Å². The van der Waals surface area contributed by atoms with Gasteiger partial charge in [-0.2, -0.15) is 0 Å². The van der Waals surface area contributed by atoms with Crippen molar-refractivity contribution in [2.45, 2.75) is 19.4 Å². The Bertz CT molecular complexity index is 588. The van der Waals surface area contributed by atoms with E-state index in [0.717, 1.165) is 0 Å². The molecule has 0 aromatic heterocycles. The highest BCUT2D eigenvalue weighted by Crippen LogP contribution is 2.26. The average molecular weight is 356 g/mol. The van der Waals surface area contributed by atoms with Crippen molar-refractivity contribution in [1.82, 2.24) is 5.32 Å². The zero-order valence-electron chi connectivity index (χ0n) is 11.2. The lowest BCUT2D eigenvalue weighted by Gasteiger charge is -2.24. The van der Waals surface area contributed by atoms with E-state index in [4.69, 9.17) is 5.11 Å². The molecule has 0 bridgehead atoms. The third-order valence-corrected chi connectivity index (χ3v) is 4.32. The molecule has 2 atom stereocenters. The molecule has 21 heavy (non-hydrogen) atoms. The van der Waals surface area contributed by atoms with E-state index >= 15 is 0 Å². The van der Waals surface area contributed by atoms with Gasteiger partial charge in [0.2, 0.25) is 5.91 Å². The van der Waals surface area contributed by atoms with Gasteiger partial charge in [0.05, 0.1) is 11.8 Å². The molecule has 2 N–H and O–H groups in total. The van der Waals surface area contributed by atoms with Crippen LogP contribution in [0.1, 0.15) is 18.4 Å². The van der Waals surface area contributed by atoms with Crippen LogP contribution in [0.15, 0.2) is 34.8 Å². The lowest BCUT2D eigenvalue weighted by atomic mass is 9.82. The van der Waals surface area contributed by atoms with Crippen LogP contribution in [0.5, 0.6) is 0 Å². The van der Waals surface area contributed by atoms with E-state index in [1.165, 1.54) is 12.1 Å². The average Bonchev–Trinajstić information content (AvgIpc) is 2.47. The van der Waals surface area contributed by atoms with Crippen molar-refractivity contribution in [2.75, 3.05) is 0 Å². The van der Waals surface area contributed by atoms with E-state index in [0.29, 0.717) is 22.9 Å². The largest absolute Gasteiger partial charge is 0.481 e. The van der Waals surface area contributed by atoms with Crippen LogP contribution >= 0.6 is 15.9 Å². The van der Waals surface area contributed by atoms with Gasteiger partial charge in [-0.15, -0.1) is 0 Å². The molecule has 1 amide bonds. The normalized spacial score (nSPS) is 21.0. The maximum Gasteiger partial charge on any atom is 0.307 e. The highest BCUT2D eigenvalue weighted by atomic mass is 79.9. The van der Waals surface area contributed by atoms with Crippen LogP contribution in [0.3, 0.4) is 0 Å². The maximum absolute atomic E-state index is 13.2. The summed E-state index contributed by atoms with van der Waals surface area (Å²) < 4.78 is 13.9. The number of halogens is 2. The van der Waals surface area contributed by atoms with Gasteiger partial charge in [0, 0.05) is 11.0 Å². The molecule has 0 spiro atoms. The predicted octanol–water partition coefficient (Wildman–Crippen LogP) is 2.87. The summed E-state index contributed by atoms with van der Waals surface area (Å²) in [5, 5.41) is 11.8. The number of hydrogen-bond acceptors (Lipinski definition) is 2. The summed E-state index contributed by atoms with van der Waals surface area (Å²) in [4.78, 5) is 23.3. The van der Waals surface area contributed by atoms with E-state index in [2.05, 4.69) is 21.2 Å². The Hall–Kier alpha value is -1.69. The van der Waals surface area contributed by atoms with Crippen LogP contribution in [0, 0.1) is 17.7 Å². The Kier molecular flexibility index (Phi) is 5.12. The van der Waals surface area contributed by atoms with Crippen molar-refractivity contribution in [3.8, 4) is 0 Å². The van der Waals surface area contributed by atoms with Crippen LogP contribution in [0.2, 0.25) is 0 Å². The number of amides is 1. The second-order valence-corrected chi connectivity index (χ2v) is 5.80. The van der Waals surface area contributed by atoms with Crippen LogP contribution in [-0.4, -0.2) is 17.0 Å². The van der Waals surface area contributed by atoms with Crippen molar-refractivity contribution < 1.29 is 19.1 Å². The molecule has 1 aliphatic rings. The standard InChI is InChI=1S/C15H15BrFNO3/c16-13-6-5-10(17)7-9(13)8-18-14(19)11-3-1-2-4-12(11)15(20)21/h1-2,5-7,11-12H,3-4,8H2,(H,18,19)(H,20,21)/t11-,12+/m1/s1. The molecule has 4 nitrogen and oxygen atoms in total. The number of hydrogen-bond donors (Lipinski definition) is 2. The zero-order valence-corrected chi connectivity index (χ0v) is 12.8. The lowest BCUT2D eigenvalue weighted by Crippen LogP contribution is -2.38. The molecule has 0 radical (unpaired) electrons. The third kappa shape index (κ3) is 3.91. The second-order valence-electron chi connectivity index (χ2n) is 4.95. The monoisotopic (exact) mass is 355 g/mol. The number of carbonyl (C=O) groups excluding carboxylic acids is 1. The Labute approximate surface area is 130 Å². The SMILES string of the molecule is O=C(O)[C@H]1CC=CC[C@H]1C(=O)NCc1cc(F)ccc1Br. The first-order chi connectivity index (χ1) is 9.99. The Morgan fingerprint density at radius 2 is 1.95 bits per heavy atom. The summed E-state index contributed by atoms with van der Waals surface area (Å²) in [5.74, 6) is -2.95. The van der Waals surface area contributed by atoms with Gasteiger partial charge in [-0.25, -0.2) is 4.39 Å². The molecule has 2 rings (SSSR count). The highest BCUT2D eigenvalue weighted by molar-refractivity contribution is 9.10. The van der Waals surface area contributed by atoms with Gasteiger partial charge >= 0.3 is 5.97 Å². The Morgan fingerprint density at radius 3 is 2.62 bits per heavy atom. The van der Waals surface area contributed by atoms with Crippen molar-refractivity contribution in [1.29, 1.82) is 0 Å². The van der Waals surface area contributed by atoms with Gasteiger partial charge in [0.25, 0.3) is 0 Å². The number of rotatable bonds is 4. The number of carboxylic acid groups (broad SMARTS) is 1. The van der Waals surface area contributed by atoms with Gasteiger partial charge in [0.15, 0.2) is 0 Å². The summed E-state index contributed by atoms with van der Waals surface area (Å²) in [7, 11) is 0. The second kappa shape index (κ2) is 6.85. The topological polar surface area (TPSA) is 66.4 Å². The van der Waals surface area contributed by atoms with Gasteiger partial charge in [-0.1, -0.05) is 28.1 Å². The minimum atomic E-state index is -0.966. The zero-order chi connectivity index (χ0) is 15.4. The molecule has 1 aromatic rings. The highest BCUT2D eigenvalue weighted by Gasteiger charge is 2.33. The fourth-order valence-electron chi connectivity index (χ4n) is 2.37. The quantitative estimate of drug-likeness (QED) is 0.816. The van der Waals surface area contributed by atoms with Crippen LogP contribution in [-0.2, 0) is 16.1 Å². The minimum absolute atomic E-state index is 0.156. The summed E-state index contributed by atoms with van der Waals surface area (Å²) in [5.41, 5.74) is 0.613. The lowest BCUT2D eigenvalue weighted by molar-refractivity contribution is -0.147. The molecule has 0 unspecified atom stereocenters. The third-order valence-electron chi connectivity index (χ3n) is 3.55. The number of aliphatic carboxylic acids is 1. The molecule has 0 heterocycles. The number of benzene rings is 1. The summed E-state index contributed by atoms with van der Waals surface area (Å²) in [6.45, 7) is 0.156. The maximum atomic E-state index is 13.2. The van der Waals surface area contributed by atoms with E-state index in [9.17, 15) is 14.0 Å². The van der Waals surface area contributed by atoms with Crippen LogP contribution in [0.4, 0.5) is 4.39 Å². The first kappa shape index (κ1) is 15.7.